The summed E-state index contributed by atoms with van der Waals surface area (Å²) in [5.41, 5.74) is 1.70. The fraction of sp³-hybridized carbons (Fsp3) is 0.520. The fourth-order valence-electron chi connectivity index (χ4n) is 6.58. The molecule has 4 aliphatic rings. The molecule has 4 atom stereocenters. The summed E-state index contributed by atoms with van der Waals surface area (Å²) in [5.74, 6) is -0.718. The van der Waals surface area contributed by atoms with Gasteiger partial charge in [0.2, 0.25) is 11.8 Å². The Labute approximate surface area is 207 Å². The van der Waals surface area contributed by atoms with Gasteiger partial charge in [0.1, 0.15) is 6.04 Å². The summed E-state index contributed by atoms with van der Waals surface area (Å²) in [4.78, 5) is 51.2. The van der Waals surface area contributed by atoms with Crippen molar-refractivity contribution in [3.63, 3.8) is 0 Å². The van der Waals surface area contributed by atoms with Crippen molar-refractivity contribution in [2.45, 2.75) is 63.1 Å². The fourth-order valence-corrected chi connectivity index (χ4v) is 6.58. The maximum atomic E-state index is 13.1. The molecule has 1 aromatic heterocycles. The zero-order valence-electron chi connectivity index (χ0n) is 19.8. The lowest BCUT2D eigenvalue weighted by atomic mass is 9.79. The van der Waals surface area contributed by atoms with E-state index in [-0.39, 0.29) is 54.4 Å². The van der Waals surface area contributed by atoms with Gasteiger partial charge >= 0.3 is 0 Å². The Balaban J connectivity index is 1.19. The van der Waals surface area contributed by atoms with Gasteiger partial charge in [0, 0.05) is 36.6 Å². The highest BCUT2D eigenvalue weighted by molar-refractivity contribution is 6.05. The van der Waals surface area contributed by atoms with Crippen LogP contribution in [-0.4, -0.2) is 66.8 Å². The third-order valence-corrected chi connectivity index (χ3v) is 8.37. The number of nitrogens with zero attached hydrogens (tertiary/aromatic N) is 4. The van der Waals surface area contributed by atoms with Crippen LogP contribution < -0.4 is 10.6 Å². The second-order valence-electron chi connectivity index (χ2n) is 10.5. The minimum absolute atomic E-state index is 0.0607. The second-order valence-corrected chi connectivity index (χ2v) is 10.5. The lowest BCUT2D eigenvalue weighted by Crippen LogP contribution is -2.53. The Kier molecular flexibility index (Phi) is 5.40. The number of carbonyl (C=O) groups excluding carboxylic acids is 4. The molecular weight excluding hydrogens is 464 g/mol. The van der Waals surface area contributed by atoms with Crippen LogP contribution in [0.1, 0.15) is 71.4 Å². The summed E-state index contributed by atoms with van der Waals surface area (Å²) in [7, 11) is 0. The van der Waals surface area contributed by atoms with Crippen molar-refractivity contribution in [1.82, 2.24) is 30.5 Å². The smallest absolute Gasteiger partial charge is 0.273 e. The SMILES string of the molecule is O=C1CCC(N2Cc3cc(-n4cc(C(=O)N[C@]56CCC[C@H](C[C@H]5CO)C6)nn4)ccc3C2=O)C(=O)N1. The monoisotopic (exact) mass is 492 g/mol. The molecule has 2 aliphatic heterocycles. The number of fused-ring (bicyclic) bond motifs is 3. The molecule has 36 heavy (non-hydrogen) atoms. The number of amides is 4. The number of aliphatic hydroxyl groups excluding tert-OH is 1. The number of hydrogen-bond acceptors (Lipinski definition) is 7. The molecule has 3 heterocycles. The Morgan fingerprint density at radius 3 is 2.92 bits per heavy atom. The molecule has 188 valence electrons. The molecule has 2 aromatic rings. The number of aromatic nitrogens is 3. The van der Waals surface area contributed by atoms with Crippen molar-refractivity contribution >= 4 is 23.6 Å². The van der Waals surface area contributed by atoms with Crippen molar-refractivity contribution in [2.24, 2.45) is 11.8 Å². The van der Waals surface area contributed by atoms with Gasteiger partial charge in [-0.05, 0) is 55.4 Å². The summed E-state index contributed by atoms with van der Waals surface area (Å²) in [5, 5.41) is 23.6. The zero-order chi connectivity index (χ0) is 25.0. The molecule has 0 radical (unpaired) electrons. The number of imide groups is 1. The highest BCUT2D eigenvalue weighted by atomic mass is 16.3. The van der Waals surface area contributed by atoms with E-state index in [0.717, 1.165) is 37.7 Å². The van der Waals surface area contributed by atoms with Gasteiger partial charge in [0.05, 0.1) is 11.9 Å². The van der Waals surface area contributed by atoms with Gasteiger partial charge in [-0.25, -0.2) is 4.68 Å². The van der Waals surface area contributed by atoms with Gasteiger partial charge in [-0.1, -0.05) is 18.1 Å². The average molecular weight is 493 g/mol. The quantitative estimate of drug-likeness (QED) is 0.521. The first kappa shape index (κ1) is 22.8. The molecular formula is C25H28N6O5. The van der Waals surface area contributed by atoms with Crippen LogP contribution in [0.4, 0.5) is 0 Å². The van der Waals surface area contributed by atoms with Gasteiger partial charge in [-0.15, -0.1) is 5.10 Å². The van der Waals surface area contributed by atoms with Crippen LogP contribution in [0.25, 0.3) is 5.69 Å². The first-order valence-corrected chi connectivity index (χ1v) is 12.5. The third kappa shape index (κ3) is 3.69. The molecule has 0 spiro atoms. The van der Waals surface area contributed by atoms with Gasteiger partial charge in [-0.3, -0.25) is 24.5 Å². The van der Waals surface area contributed by atoms with Crippen molar-refractivity contribution in [1.29, 1.82) is 0 Å². The number of aliphatic hydroxyl groups is 1. The molecule has 4 amide bonds. The number of carbonyl (C=O) groups is 4. The summed E-state index contributed by atoms with van der Waals surface area (Å²) in [6.45, 7) is 0.315. The predicted octanol–water partition coefficient (Wildman–Crippen LogP) is 0.699. The van der Waals surface area contributed by atoms with E-state index in [1.54, 1.807) is 24.4 Å². The number of benzene rings is 1. The van der Waals surface area contributed by atoms with Crippen LogP contribution >= 0.6 is 0 Å². The van der Waals surface area contributed by atoms with Crippen molar-refractivity contribution in [2.75, 3.05) is 6.61 Å². The highest BCUT2D eigenvalue weighted by Crippen LogP contribution is 2.48. The molecule has 3 fully saturated rings. The van der Waals surface area contributed by atoms with Crippen LogP contribution in [0.15, 0.2) is 24.4 Å². The molecule has 6 rings (SSSR count). The molecule has 2 bridgehead atoms. The van der Waals surface area contributed by atoms with E-state index in [0.29, 0.717) is 23.6 Å². The maximum Gasteiger partial charge on any atom is 0.273 e. The number of piperidine rings is 1. The lowest BCUT2D eigenvalue weighted by molar-refractivity contribution is -0.136. The second kappa shape index (κ2) is 8.51. The Morgan fingerprint density at radius 2 is 2.11 bits per heavy atom. The van der Waals surface area contributed by atoms with Gasteiger partial charge in [0.15, 0.2) is 5.69 Å². The van der Waals surface area contributed by atoms with Crippen LogP contribution in [-0.2, 0) is 16.1 Å². The lowest BCUT2D eigenvalue weighted by Gasteiger charge is -2.37. The van der Waals surface area contributed by atoms with Crippen LogP contribution in [0.3, 0.4) is 0 Å². The minimum Gasteiger partial charge on any atom is -0.396 e. The summed E-state index contributed by atoms with van der Waals surface area (Å²) in [6.07, 6.45) is 6.94. The van der Waals surface area contributed by atoms with Crippen molar-refractivity contribution in [3.8, 4) is 5.69 Å². The number of nitrogens with one attached hydrogen (secondary N) is 2. The van der Waals surface area contributed by atoms with Gasteiger partial charge < -0.3 is 15.3 Å². The molecule has 3 N–H and O–H groups in total. The number of hydrogen-bond donors (Lipinski definition) is 3. The summed E-state index contributed by atoms with van der Waals surface area (Å²) < 4.78 is 1.49. The molecule has 2 aliphatic carbocycles. The van der Waals surface area contributed by atoms with E-state index in [9.17, 15) is 24.3 Å². The first-order valence-electron chi connectivity index (χ1n) is 12.5. The van der Waals surface area contributed by atoms with E-state index < -0.39 is 11.9 Å². The summed E-state index contributed by atoms with van der Waals surface area (Å²) in [6, 6.07) is 4.54. The van der Waals surface area contributed by atoms with E-state index in [4.69, 9.17) is 0 Å². The van der Waals surface area contributed by atoms with E-state index in [2.05, 4.69) is 20.9 Å². The molecule has 11 heteroatoms. The molecule has 11 nitrogen and oxygen atoms in total. The first-order chi connectivity index (χ1) is 17.4. The predicted molar refractivity (Wildman–Crippen MR) is 125 cm³/mol. The standard InChI is InChI=1S/C25H28N6O5/c32-13-16-8-14-2-1-7-25(16,10-14)27-22(34)19-12-31(29-28-19)17-3-4-18-15(9-17)11-30(24(18)36)20-5-6-21(33)26-23(20)35/h3-4,9,12,14,16,20,32H,1-2,5-8,10-11,13H2,(H,27,34)(H,26,33,35)/t14-,16+,20?,25+/m1/s1. The number of rotatable bonds is 5. The zero-order valence-corrected chi connectivity index (χ0v) is 19.8. The van der Waals surface area contributed by atoms with Crippen molar-refractivity contribution in [3.05, 3.63) is 41.2 Å². The third-order valence-electron chi connectivity index (χ3n) is 8.37. The Morgan fingerprint density at radius 1 is 1.25 bits per heavy atom. The molecule has 1 aromatic carbocycles. The Hall–Kier alpha value is -3.60. The van der Waals surface area contributed by atoms with Crippen LogP contribution in [0.5, 0.6) is 0 Å². The van der Waals surface area contributed by atoms with E-state index in [1.807, 2.05) is 0 Å². The maximum absolute atomic E-state index is 13.1. The minimum atomic E-state index is -0.676. The normalized spacial score (nSPS) is 29.3. The van der Waals surface area contributed by atoms with Crippen LogP contribution in [0, 0.1) is 11.8 Å². The van der Waals surface area contributed by atoms with Crippen LogP contribution in [0.2, 0.25) is 0 Å². The Bertz CT molecular complexity index is 1270. The topological polar surface area (TPSA) is 147 Å². The largest absolute Gasteiger partial charge is 0.396 e. The average Bonchev–Trinajstić information content (AvgIpc) is 3.54. The van der Waals surface area contributed by atoms with Crippen molar-refractivity contribution < 1.29 is 24.3 Å². The molecule has 1 unspecified atom stereocenters. The van der Waals surface area contributed by atoms with E-state index in [1.165, 1.54) is 9.58 Å². The van der Waals surface area contributed by atoms with Gasteiger partial charge in [0.25, 0.3) is 11.8 Å². The molecule has 2 saturated carbocycles. The highest BCUT2D eigenvalue weighted by Gasteiger charge is 2.50. The van der Waals surface area contributed by atoms with E-state index >= 15 is 0 Å². The summed E-state index contributed by atoms with van der Waals surface area (Å²) >= 11 is 0. The molecule has 1 saturated heterocycles. The van der Waals surface area contributed by atoms with Gasteiger partial charge in [-0.2, -0.15) is 0 Å².